The third kappa shape index (κ3) is 1.84. The van der Waals surface area contributed by atoms with E-state index in [4.69, 9.17) is 4.98 Å². The first kappa shape index (κ1) is 12.4. The smallest absolute Gasteiger partial charge is 0.225 e. The molecule has 4 rings (SSSR count). The molecule has 2 aromatic rings. The van der Waals surface area contributed by atoms with Gasteiger partial charge in [0.05, 0.1) is 18.2 Å². The Morgan fingerprint density at radius 2 is 2.38 bits per heavy atom. The average Bonchev–Trinajstić information content (AvgIpc) is 3.13. The highest BCUT2D eigenvalue weighted by Gasteiger charge is 2.42. The molecule has 2 aliphatic heterocycles. The number of nitrogens with one attached hydrogen (secondary N) is 2. The van der Waals surface area contributed by atoms with Crippen LogP contribution in [0.15, 0.2) is 18.6 Å². The molecule has 7 nitrogen and oxygen atoms in total. The van der Waals surface area contributed by atoms with Crippen LogP contribution < -0.4 is 15.5 Å². The van der Waals surface area contributed by atoms with Crippen LogP contribution in [-0.4, -0.2) is 46.5 Å². The number of carbonyl (C=O) groups is 1. The number of carbonyl (C=O) groups excluding carboxylic acids is 1. The van der Waals surface area contributed by atoms with Crippen molar-refractivity contribution in [3.63, 3.8) is 0 Å². The molecule has 21 heavy (non-hydrogen) atoms. The van der Waals surface area contributed by atoms with Gasteiger partial charge in [-0.3, -0.25) is 4.79 Å². The lowest BCUT2D eigenvalue weighted by Crippen LogP contribution is -2.46. The Bertz CT molecular complexity index is 696. The van der Waals surface area contributed by atoms with E-state index in [0.29, 0.717) is 6.54 Å². The van der Waals surface area contributed by atoms with Gasteiger partial charge in [-0.2, -0.15) is 0 Å². The van der Waals surface area contributed by atoms with Crippen molar-refractivity contribution in [2.75, 3.05) is 30.4 Å². The summed E-state index contributed by atoms with van der Waals surface area (Å²) in [6.45, 7) is 1.61. The van der Waals surface area contributed by atoms with Gasteiger partial charge in [0, 0.05) is 32.5 Å². The molecule has 2 N–H and O–H groups in total. The zero-order valence-corrected chi connectivity index (χ0v) is 11.9. The summed E-state index contributed by atoms with van der Waals surface area (Å²) in [5.74, 6) is 1.91. The van der Waals surface area contributed by atoms with Gasteiger partial charge in [-0.05, 0) is 12.8 Å². The highest BCUT2D eigenvalue weighted by atomic mass is 16.2. The topological polar surface area (TPSA) is 74.6 Å². The standard InChI is InChI=1S/C14H18N6O/c1-15-11-8-19-6-4-16-12(19)13(18-11)20-5-2-3-9-10(20)7-17-14(9)21/h4,6,8-10,15H,2-3,5,7H2,1H3,(H,17,21). The zero-order valence-electron chi connectivity index (χ0n) is 11.9. The molecule has 1 amide bonds. The van der Waals surface area contributed by atoms with E-state index >= 15 is 0 Å². The van der Waals surface area contributed by atoms with Crippen LogP contribution in [0.4, 0.5) is 11.6 Å². The van der Waals surface area contributed by atoms with Crippen molar-refractivity contribution < 1.29 is 4.79 Å². The van der Waals surface area contributed by atoms with Crippen LogP contribution in [0.5, 0.6) is 0 Å². The molecule has 0 saturated carbocycles. The molecule has 0 aliphatic carbocycles. The van der Waals surface area contributed by atoms with Crippen molar-refractivity contribution in [2.24, 2.45) is 5.92 Å². The maximum absolute atomic E-state index is 11.9. The normalized spacial score (nSPS) is 25.0. The molecule has 0 aromatic carbocycles. The Morgan fingerprint density at radius 3 is 3.24 bits per heavy atom. The van der Waals surface area contributed by atoms with Crippen molar-refractivity contribution in [2.45, 2.75) is 18.9 Å². The summed E-state index contributed by atoms with van der Waals surface area (Å²) in [7, 11) is 1.86. The third-order valence-corrected chi connectivity index (χ3v) is 4.49. The molecule has 0 bridgehead atoms. The molecule has 2 aliphatic rings. The molecule has 2 aromatic heterocycles. The number of fused-ring (bicyclic) bond motifs is 2. The van der Waals surface area contributed by atoms with Gasteiger partial charge in [0.25, 0.3) is 0 Å². The van der Waals surface area contributed by atoms with Gasteiger partial charge in [0.1, 0.15) is 5.82 Å². The molecular formula is C14H18N6O. The molecule has 110 valence electrons. The fourth-order valence-electron chi connectivity index (χ4n) is 3.44. The van der Waals surface area contributed by atoms with Crippen molar-refractivity contribution >= 4 is 23.2 Å². The molecule has 2 saturated heterocycles. The number of imidazole rings is 1. The first-order valence-electron chi connectivity index (χ1n) is 7.34. The SMILES string of the molecule is CNc1cn2ccnc2c(N2CCCC3C(=O)NCC32)n1. The van der Waals surface area contributed by atoms with E-state index in [9.17, 15) is 4.79 Å². The molecule has 7 heteroatoms. The molecule has 4 heterocycles. The number of amides is 1. The minimum absolute atomic E-state index is 0.0776. The maximum atomic E-state index is 11.9. The van der Waals surface area contributed by atoms with Gasteiger partial charge in [0.15, 0.2) is 11.5 Å². The lowest BCUT2D eigenvalue weighted by Gasteiger charge is -2.36. The third-order valence-electron chi connectivity index (χ3n) is 4.49. The first-order chi connectivity index (χ1) is 10.3. The monoisotopic (exact) mass is 286 g/mol. The molecular weight excluding hydrogens is 268 g/mol. The number of anilines is 2. The minimum Gasteiger partial charge on any atom is -0.372 e. The van der Waals surface area contributed by atoms with Crippen molar-refractivity contribution in [3.05, 3.63) is 18.6 Å². The van der Waals surface area contributed by atoms with Crippen LogP contribution in [0.3, 0.4) is 0 Å². The highest BCUT2D eigenvalue weighted by molar-refractivity contribution is 5.83. The van der Waals surface area contributed by atoms with Gasteiger partial charge in [0.2, 0.25) is 5.91 Å². The maximum Gasteiger partial charge on any atom is 0.225 e. The van der Waals surface area contributed by atoms with Crippen LogP contribution in [-0.2, 0) is 4.79 Å². The van der Waals surface area contributed by atoms with Crippen LogP contribution in [0.25, 0.3) is 5.65 Å². The average molecular weight is 286 g/mol. The summed E-state index contributed by atoms with van der Waals surface area (Å²) < 4.78 is 1.97. The summed E-state index contributed by atoms with van der Waals surface area (Å²) in [5.41, 5.74) is 0.842. The van der Waals surface area contributed by atoms with Crippen LogP contribution in [0.1, 0.15) is 12.8 Å². The van der Waals surface area contributed by atoms with Crippen molar-refractivity contribution in [1.29, 1.82) is 0 Å². The predicted molar refractivity (Wildman–Crippen MR) is 79.4 cm³/mol. The summed E-state index contributed by atoms with van der Waals surface area (Å²) >= 11 is 0. The summed E-state index contributed by atoms with van der Waals surface area (Å²) in [5, 5.41) is 6.07. The van der Waals surface area contributed by atoms with E-state index in [2.05, 4.69) is 20.5 Å². The van der Waals surface area contributed by atoms with Gasteiger partial charge >= 0.3 is 0 Å². The van der Waals surface area contributed by atoms with E-state index in [-0.39, 0.29) is 17.9 Å². The summed E-state index contributed by atoms with van der Waals surface area (Å²) in [4.78, 5) is 23.3. The number of aromatic nitrogens is 3. The molecule has 2 fully saturated rings. The Kier molecular flexibility index (Phi) is 2.73. The summed E-state index contributed by atoms with van der Waals surface area (Å²) in [6.07, 6.45) is 7.59. The Labute approximate surface area is 122 Å². The second-order valence-electron chi connectivity index (χ2n) is 5.61. The largest absolute Gasteiger partial charge is 0.372 e. The van der Waals surface area contributed by atoms with Crippen LogP contribution >= 0.6 is 0 Å². The second-order valence-corrected chi connectivity index (χ2v) is 5.61. The van der Waals surface area contributed by atoms with E-state index in [1.54, 1.807) is 6.20 Å². The van der Waals surface area contributed by atoms with Crippen molar-refractivity contribution in [3.8, 4) is 0 Å². The number of rotatable bonds is 2. The lowest BCUT2D eigenvalue weighted by atomic mass is 9.91. The molecule has 0 radical (unpaired) electrons. The fraction of sp³-hybridized carbons (Fsp3) is 0.500. The first-order valence-corrected chi connectivity index (χ1v) is 7.34. The zero-order chi connectivity index (χ0) is 14.4. The van der Waals surface area contributed by atoms with E-state index in [1.807, 2.05) is 23.8 Å². The predicted octanol–water partition coefficient (Wildman–Crippen LogP) is 0.486. The number of piperidine rings is 1. The van der Waals surface area contributed by atoms with Crippen LogP contribution in [0, 0.1) is 5.92 Å². The summed E-state index contributed by atoms with van der Waals surface area (Å²) in [6, 6.07) is 0.186. The fourth-order valence-corrected chi connectivity index (χ4v) is 3.44. The Hall–Kier alpha value is -2.31. The van der Waals surface area contributed by atoms with Gasteiger partial charge in [-0.25, -0.2) is 9.97 Å². The van der Waals surface area contributed by atoms with E-state index in [1.165, 1.54) is 0 Å². The quantitative estimate of drug-likeness (QED) is 0.840. The van der Waals surface area contributed by atoms with E-state index in [0.717, 1.165) is 36.7 Å². The Balaban J connectivity index is 1.81. The van der Waals surface area contributed by atoms with Crippen molar-refractivity contribution in [1.82, 2.24) is 19.7 Å². The molecule has 2 unspecified atom stereocenters. The number of hydrogen-bond donors (Lipinski definition) is 2. The van der Waals surface area contributed by atoms with Gasteiger partial charge < -0.3 is 19.9 Å². The number of nitrogens with zero attached hydrogens (tertiary/aromatic N) is 4. The van der Waals surface area contributed by atoms with Crippen LogP contribution in [0.2, 0.25) is 0 Å². The second kappa shape index (κ2) is 4.61. The molecule has 0 spiro atoms. The van der Waals surface area contributed by atoms with Gasteiger partial charge in [-0.15, -0.1) is 0 Å². The lowest BCUT2D eigenvalue weighted by molar-refractivity contribution is -0.122. The van der Waals surface area contributed by atoms with E-state index < -0.39 is 0 Å². The minimum atomic E-state index is 0.0776. The van der Waals surface area contributed by atoms with Gasteiger partial charge in [-0.1, -0.05) is 0 Å². The number of hydrogen-bond acceptors (Lipinski definition) is 5. The molecule has 2 atom stereocenters. The Morgan fingerprint density at radius 1 is 1.48 bits per heavy atom. The highest BCUT2D eigenvalue weighted by Crippen LogP contribution is 2.32.